The van der Waals surface area contributed by atoms with Crippen LogP contribution in [-0.4, -0.2) is 15.2 Å². The fourth-order valence-electron chi connectivity index (χ4n) is 0.876. The van der Waals surface area contributed by atoms with Crippen LogP contribution in [0, 0.1) is 11.3 Å². The average Bonchev–Trinajstić information content (AvgIpc) is 2.16. The van der Waals surface area contributed by atoms with Crippen molar-refractivity contribution < 1.29 is 10.2 Å². The van der Waals surface area contributed by atoms with Gasteiger partial charge in [-0.3, -0.25) is 0 Å². The quantitative estimate of drug-likeness (QED) is 0.641. The molecule has 0 amide bonds. The van der Waals surface area contributed by atoms with Crippen molar-refractivity contribution in [1.82, 2.24) is 4.98 Å². The van der Waals surface area contributed by atoms with E-state index in [0.29, 0.717) is 11.1 Å². The van der Waals surface area contributed by atoms with Crippen molar-refractivity contribution in [3.63, 3.8) is 0 Å². The van der Waals surface area contributed by atoms with Gasteiger partial charge in [0.05, 0.1) is 13.2 Å². The molecule has 2 N–H and O–H groups in total. The number of aromatic nitrogens is 1. The minimum atomic E-state index is -0.187. The fraction of sp³-hybridized carbons (Fsp3) is 0.250. The molecule has 0 radical (unpaired) electrons. The minimum Gasteiger partial charge on any atom is -0.392 e. The van der Waals surface area contributed by atoms with Crippen LogP contribution in [0.5, 0.6) is 0 Å². The molecule has 0 fully saturated rings. The number of pyridine rings is 1. The highest BCUT2D eigenvalue weighted by Crippen LogP contribution is 2.08. The number of nitriles is 1. The van der Waals surface area contributed by atoms with E-state index in [-0.39, 0.29) is 18.9 Å². The number of aliphatic hydroxyl groups excluding tert-OH is 2. The molecule has 1 aromatic heterocycles. The molecule has 62 valence electrons. The Hall–Kier alpha value is -1.44. The lowest BCUT2D eigenvalue weighted by atomic mass is 10.1. The van der Waals surface area contributed by atoms with E-state index in [1.165, 1.54) is 12.3 Å². The second kappa shape index (κ2) is 3.81. The second-order valence-electron chi connectivity index (χ2n) is 2.27. The van der Waals surface area contributed by atoms with Gasteiger partial charge in [0.25, 0.3) is 0 Å². The van der Waals surface area contributed by atoms with Crippen LogP contribution in [0.1, 0.15) is 16.8 Å². The van der Waals surface area contributed by atoms with Gasteiger partial charge in [-0.25, -0.2) is 4.98 Å². The molecule has 12 heavy (non-hydrogen) atoms. The van der Waals surface area contributed by atoms with Gasteiger partial charge in [-0.15, -0.1) is 0 Å². The molecule has 0 aliphatic carbocycles. The summed E-state index contributed by atoms with van der Waals surface area (Å²) in [5, 5.41) is 26.1. The molecule has 1 heterocycles. The zero-order valence-corrected chi connectivity index (χ0v) is 6.36. The highest BCUT2D eigenvalue weighted by Gasteiger charge is 2.02. The average molecular weight is 164 g/mol. The van der Waals surface area contributed by atoms with Gasteiger partial charge in [0, 0.05) is 11.8 Å². The van der Waals surface area contributed by atoms with Gasteiger partial charge in [0.2, 0.25) is 0 Å². The van der Waals surface area contributed by atoms with E-state index in [4.69, 9.17) is 15.5 Å². The first-order valence-electron chi connectivity index (χ1n) is 3.41. The molecule has 0 saturated carbocycles. The van der Waals surface area contributed by atoms with Crippen molar-refractivity contribution >= 4 is 0 Å². The number of nitrogens with zero attached hydrogens (tertiary/aromatic N) is 2. The Kier molecular flexibility index (Phi) is 2.75. The monoisotopic (exact) mass is 164 g/mol. The molecule has 0 aliphatic heterocycles. The SMILES string of the molecule is N#Cc1cc(CO)c(CO)cn1. The Morgan fingerprint density at radius 1 is 1.33 bits per heavy atom. The number of hydrogen-bond acceptors (Lipinski definition) is 4. The summed E-state index contributed by atoms with van der Waals surface area (Å²) in [5.41, 5.74) is 1.34. The van der Waals surface area contributed by atoms with E-state index in [1.807, 2.05) is 6.07 Å². The summed E-state index contributed by atoms with van der Waals surface area (Å²) in [6.07, 6.45) is 1.39. The van der Waals surface area contributed by atoms with Crippen LogP contribution in [0.15, 0.2) is 12.3 Å². The molecule has 4 heteroatoms. The highest BCUT2D eigenvalue weighted by molar-refractivity contribution is 5.31. The second-order valence-corrected chi connectivity index (χ2v) is 2.27. The van der Waals surface area contributed by atoms with E-state index in [1.54, 1.807) is 0 Å². The van der Waals surface area contributed by atoms with E-state index >= 15 is 0 Å². The van der Waals surface area contributed by atoms with Crippen molar-refractivity contribution in [3.8, 4) is 6.07 Å². The van der Waals surface area contributed by atoms with Crippen LogP contribution in [-0.2, 0) is 13.2 Å². The molecule has 1 rings (SSSR count). The normalized spacial score (nSPS) is 9.42. The van der Waals surface area contributed by atoms with Gasteiger partial charge in [-0.05, 0) is 11.6 Å². The van der Waals surface area contributed by atoms with Crippen LogP contribution in [0.2, 0.25) is 0 Å². The van der Waals surface area contributed by atoms with Crippen LogP contribution in [0.3, 0.4) is 0 Å². The third-order valence-corrected chi connectivity index (χ3v) is 1.54. The van der Waals surface area contributed by atoms with Gasteiger partial charge in [-0.2, -0.15) is 5.26 Å². The highest BCUT2D eigenvalue weighted by atomic mass is 16.3. The molecule has 0 bridgehead atoms. The largest absolute Gasteiger partial charge is 0.392 e. The molecule has 0 unspecified atom stereocenters. The van der Waals surface area contributed by atoms with Crippen molar-refractivity contribution in [2.24, 2.45) is 0 Å². The maximum Gasteiger partial charge on any atom is 0.140 e. The van der Waals surface area contributed by atoms with Gasteiger partial charge >= 0.3 is 0 Å². The van der Waals surface area contributed by atoms with Crippen molar-refractivity contribution in [2.75, 3.05) is 0 Å². The Balaban J connectivity index is 3.13. The standard InChI is InChI=1S/C8H8N2O2/c9-2-8-1-6(4-11)7(5-12)3-10-8/h1,3,11-12H,4-5H2. The lowest BCUT2D eigenvalue weighted by Crippen LogP contribution is -1.96. The topological polar surface area (TPSA) is 77.1 Å². The summed E-state index contributed by atoms with van der Waals surface area (Å²) in [7, 11) is 0. The summed E-state index contributed by atoms with van der Waals surface area (Å²) < 4.78 is 0. The Bertz CT molecular complexity index is 317. The lowest BCUT2D eigenvalue weighted by molar-refractivity contribution is 0.259. The third kappa shape index (κ3) is 1.59. The molecular formula is C8H8N2O2. The lowest BCUT2D eigenvalue weighted by Gasteiger charge is -2.02. The molecular weight excluding hydrogens is 156 g/mol. The molecule has 4 nitrogen and oxygen atoms in total. The first-order chi connectivity index (χ1) is 5.81. The number of hydrogen-bond donors (Lipinski definition) is 2. The van der Waals surface area contributed by atoms with Crippen LogP contribution in [0.4, 0.5) is 0 Å². The van der Waals surface area contributed by atoms with Crippen molar-refractivity contribution in [3.05, 3.63) is 29.1 Å². The van der Waals surface area contributed by atoms with Gasteiger partial charge in [-0.1, -0.05) is 0 Å². The van der Waals surface area contributed by atoms with Gasteiger partial charge in [0.15, 0.2) is 0 Å². The summed E-state index contributed by atoms with van der Waals surface area (Å²) in [5.74, 6) is 0. The van der Waals surface area contributed by atoms with E-state index in [0.717, 1.165) is 0 Å². The summed E-state index contributed by atoms with van der Waals surface area (Å²) in [6.45, 7) is -0.359. The van der Waals surface area contributed by atoms with Crippen LogP contribution >= 0.6 is 0 Å². The Morgan fingerprint density at radius 2 is 2.00 bits per heavy atom. The maximum absolute atomic E-state index is 8.82. The van der Waals surface area contributed by atoms with Gasteiger partial charge < -0.3 is 10.2 Å². The van der Waals surface area contributed by atoms with Crippen LogP contribution in [0.25, 0.3) is 0 Å². The smallest absolute Gasteiger partial charge is 0.140 e. The summed E-state index contributed by atoms with van der Waals surface area (Å²) in [6, 6.07) is 3.31. The Morgan fingerprint density at radius 3 is 2.50 bits per heavy atom. The summed E-state index contributed by atoms with van der Waals surface area (Å²) >= 11 is 0. The van der Waals surface area contributed by atoms with E-state index in [9.17, 15) is 0 Å². The van der Waals surface area contributed by atoms with Crippen molar-refractivity contribution in [1.29, 1.82) is 5.26 Å². The first-order valence-corrected chi connectivity index (χ1v) is 3.41. The molecule has 0 aromatic carbocycles. The zero-order chi connectivity index (χ0) is 8.97. The molecule has 0 spiro atoms. The maximum atomic E-state index is 8.82. The van der Waals surface area contributed by atoms with Gasteiger partial charge in [0.1, 0.15) is 11.8 Å². The van der Waals surface area contributed by atoms with E-state index in [2.05, 4.69) is 4.98 Å². The molecule has 1 aromatic rings. The zero-order valence-electron chi connectivity index (χ0n) is 6.36. The van der Waals surface area contributed by atoms with E-state index < -0.39 is 0 Å². The first kappa shape index (κ1) is 8.65. The predicted octanol–water partition coefficient (Wildman–Crippen LogP) is -0.0621. The predicted molar refractivity (Wildman–Crippen MR) is 40.8 cm³/mol. The molecule has 0 saturated heterocycles. The third-order valence-electron chi connectivity index (χ3n) is 1.54. The molecule has 0 atom stereocenters. The van der Waals surface area contributed by atoms with Crippen molar-refractivity contribution in [2.45, 2.75) is 13.2 Å². The number of aliphatic hydroxyl groups is 2. The fourth-order valence-corrected chi connectivity index (χ4v) is 0.876. The van der Waals surface area contributed by atoms with Crippen LogP contribution < -0.4 is 0 Å². The number of rotatable bonds is 2. The molecule has 0 aliphatic rings. The minimum absolute atomic E-state index is 0.172. The summed E-state index contributed by atoms with van der Waals surface area (Å²) in [4.78, 5) is 3.74. The Labute approximate surface area is 69.7 Å².